The zero-order chi connectivity index (χ0) is 21.4. The van der Waals surface area contributed by atoms with Gasteiger partial charge in [0.15, 0.2) is 11.5 Å². The van der Waals surface area contributed by atoms with Crippen molar-refractivity contribution in [1.29, 1.82) is 0 Å². The van der Waals surface area contributed by atoms with Crippen LogP contribution in [0, 0.1) is 13.8 Å². The van der Waals surface area contributed by atoms with Gasteiger partial charge in [-0.05, 0) is 49.9 Å². The Balaban J connectivity index is 1.84. The maximum atomic E-state index is 13.6. The van der Waals surface area contributed by atoms with Crippen LogP contribution in [0.2, 0.25) is 0 Å². The monoisotopic (exact) mass is 406 g/mol. The zero-order valence-corrected chi connectivity index (χ0v) is 17.8. The van der Waals surface area contributed by atoms with E-state index in [2.05, 4.69) is 4.90 Å². The highest BCUT2D eigenvalue weighted by Gasteiger charge is 2.43. The number of hydrogen-bond acceptors (Lipinski definition) is 5. The van der Waals surface area contributed by atoms with Gasteiger partial charge in [-0.25, -0.2) is 4.90 Å². The van der Waals surface area contributed by atoms with Crippen LogP contribution in [0.5, 0.6) is 11.5 Å². The Morgan fingerprint density at radius 2 is 1.53 bits per heavy atom. The van der Waals surface area contributed by atoms with Crippen molar-refractivity contribution in [3.05, 3.63) is 58.8 Å². The van der Waals surface area contributed by atoms with E-state index in [1.54, 1.807) is 25.3 Å². The molecule has 0 bridgehead atoms. The third-order valence-electron chi connectivity index (χ3n) is 5.76. The number of carbonyl (C=O) groups excluding carboxylic acids is 2. The second-order valence-corrected chi connectivity index (χ2v) is 7.72. The molecule has 6 heteroatoms. The topological polar surface area (TPSA) is 59.1 Å². The van der Waals surface area contributed by atoms with Gasteiger partial charge in [0.05, 0.1) is 25.5 Å². The number of likely N-dealkylation sites (tertiary alicyclic amines) is 1. The molecule has 1 fully saturated rings. The van der Waals surface area contributed by atoms with E-state index in [4.69, 9.17) is 9.47 Å². The molecule has 6 nitrogen and oxygen atoms in total. The van der Waals surface area contributed by atoms with Crippen molar-refractivity contribution in [2.45, 2.75) is 26.7 Å². The first-order valence-corrected chi connectivity index (χ1v) is 10.1. The molecule has 2 aromatic carbocycles. The fourth-order valence-electron chi connectivity index (χ4n) is 4.29. The van der Waals surface area contributed by atoms with Crippen LogP contribution in [0.4, 0.5) is 5.69 Å². The lowest BCUT2D eigenvalue weighted by Gasteiger charge is -2.21. The lowest BCUT2D eigenvalue weighted by Crippen LogP contribution is -2.34. The number of anilines is 1. The summed E-state index contributed by atoms with van der Waals surface area (Å²) in [4.78, 5) is 30.5. The summed E-state index contributed by atoms with van der Waals surface area (Å²) in [5.41, 5.74) is 4.36. The molecule has 0 aliphatic carbocycles. The Morgan fingerprint density at radius 1 is 0.833 bits per heavy atom. The first-order valence-electron chi connectivity index (χ1n) is 10.1. The minimum Gasteiger partial charge on any atom is -0.493 e. The first-order chi connectivity index (χ1) is 14.5. The van der Waals surface area contributed by atoms with Gasteiger partial charge in [-0.2, -0.15) is 0 Å². The van der Waals surface area contributed by atoms with Crippen LogP contribution >= 0.6 is 0 Å². The molecule has 0 radical (unpaired) electrons. The summed E-state index contributed by atoms with van der Waals surface area (Å²) in [5.74, 6) is 0.422. The van der Waals surface area contributed by atoms with Gasteiger partial charge in [0.1, 0.15) is 5.70 Å². The standard InChI is InChI=1S/C24H26N2O4/c1-15-7-9-18(16(2)13-15)21-22(25-11-5-6-12-25)24(28)26(23(21)27)17-8-10-19(29-3)20(14-17)30-4/h7-10,13-14H,5-6,11-12H2,1-4H3. The Kier molecular flexibility index (Phi) is 5.24. The van der Waals surface area contributed by atoms with Crippen molar-refractivity contribution in [1.82, 2.24) is 4.90 Å². The molecule has 30 heavy (non-hydrogen) atoms. The molecule has 1 saturated heterocycles. The van der Waals surface area contributed by atoms with Gasteiger partial charge < -0.3 is 14.4 Å². The number of aryl methyl sites for hydroxylation is 2. The summed E-state index contributed by atoms with van der Waals surface area (Å²) in [6.07, 6.45) is 2.03. The highest BCUT2D eigenvalue weighted by Crippen LogP contribution is 2.39. The number of hydrogen-bond donors (Lipinski definition) is 0. The van der Waals surface area contributed by atoms with E-state index in [-0.39, 0.29) is 11.8 Å². The number of amides is 2. The molecule has 2 aromatic rings. The Hall–Kier alpha value is -3.28. The highest BCUT2D eigenvalue weighted by atomic mass is 16.5. The van der Waals surface area contributed by atoms with Crippen LogP contribution < -0.4 is 14.4 Å². The Bertz CT molecular complexity index is 1050. The second kappa shape index (κ2) is 7.86. The predicted octanol–water partition coefficient (Wildman–Crippen LogP) is 3.70. The molecule has 2 amide bonds. The summed E-state index contributed by atoms with van der Waals surface area (Å²) < 4.78 is 10.7. The van der Waals surface area contributed by atoms with E-state index in [1.165, 1.54) is 12.0 Å². The average molecular weight is 406 g/mol. The van der Waals surface area contributed by atoms with Crippen LogP contribution in [-0.2, 0) is 9.59 Å². The number of imide groups is 1. The number of carbonyl (C=O) groups is 2. The smallest absolute Gasteiger partial charge is 0.282 e. The molecule has 0 atom stereocenters. The summed E-state index contributed by atoms with van der Waals surface area (Å²) in [5, 5.41) is 0. The van der Waals surface area contributed by atoms with Crippen LogP contribution in [0.15, 0.2) is 42.1 Å². The van der Waals surface area contributed by atoms with Crippen molar-refractivity contribution in [2.24, 2.45) is 0 Å². The Morgan fingerprint density at radius 3 is 2.17 bits per heavy atom. The molecule has 0 aromatic heterocycles. The van der Waals surface area contributed by atoms with E-state index in [9.17, 15) is 9.59 Å². The lowest BCUT2D eigenvalue weighted by molar-refractivity contribution is -0.120. The molecule has 2 aliphatic rings. The number of benzene rings is 2. The quantitative estimate of drug-likeness (QED) is 0.709. The van der Waals surface area contributed by atoms with Crippen molar-refractivity contribution in [2.75, 3.05) is 32.2 Å². The largest absolute Gasteiger partial charge is 0.493 e. The Labute approximate surface area is 176 Å². The van der Waals surface area contributed by atoms with E-state index in [0.29, 0.717) is 28.5 Å². The number of methoxy groups -OCH3 is 2. The van der Waals surface area contributed by atoms with Crippen LogP contribution in [0.25, 0.3) is 5.57 Å². The summed E-state index contributed by atoms with van der Waals surface area (Å²) in [6, 6.07) is 11.1. The molecule has 2 heterocycles. The molecule has 4 rings (SSSR count). The van der Waals surface area contributed by atoms with Gasteiger partial charge in [-0.15, -0.1) is 0 Å². The second-order valence-electron chi connectivity index (χ2n) is 7.72. The minimum atomic E-state index is -0.305. The number of rotatable bonds is 5. The minimum absolute atomic E-state index is 0.288. The SMILES string of the molecule is COc1ccc(N2C(=O)C(c3ccc(C)cc3C)=C(N3CCCC3)C2=O)cc1OC. The summed E-state index contributed by atoms with van der Waals surface area (Å²) >= 11 is 0. The van der Waals surface area contributed by atoms with Gasteiger partial charge in [0.25, 0.3) is 11.8 Å². The van der Waals surface area contributed by atoms with Crippen molar-refractivity contribution >= 4 is 23.1 Å². The van der Waals surface area contributed by atoms with E-state index < -0.39 is 0 Å². The molecule has 2 aliphatic heterocycles. The molecular weight excluding hydrogens is 380 g/mol. The fourth-order valence-corrected chi connectivity index (χ4v) is 4.29. The normalized spacial score (nSPS) is 16.7. The maximum absolute atomic E-state index is 13.6. The molecule has 0 N–H and O–H groups in total. The zero-order valence-electron chi connectivity index (χ0n) is 17.8. The van der Waals surface area contributed by atoms with Gasteiger partial charge >= 0.3 is 0 Å². The van der Waals surface area contributed by atoms with Crippen LogP contribution in [0.3, 0.4) is 0 Å². The fraction of sp³-hybridized carbons (Fsp3) is 0.333. The molecule has 0 spiro atoms. The van der Waals surface area contributed by atoms with Crippen LogP contribution in [0.1, 0.15) is 29.5 Å². The number of ether oxygens (including phenoxy) is 2. The van der Waals surface area contributed by atoms with E-state index in [0.717, 1.165) is 42.6 Å². The average Bonchev–Trinajstić information content (AvgIpc) is 3.34. The van der Waals surface area contributed by atoms with Crippen molar-refractivity contribution in [3.63, 3.8) is 0 Å². The summed E-state index contributed by atoms with van der Waals surface area (Å²) in [7, 11) is 3.08. The van der Waals surface area contributed by atoms with E-state index >= 15 is 0 Å². The maximum Gasteiger partial charge on any atom is 0.282 e. The molecule has 0 unspecified atom stereocenters. The predicted molar refractivity (Wildman–Crippen MR) is 116 cm³/mol. The van der Waals surface area contributed by atoms with Crippen molar-refractivity contribution < 1.29 is 19.1 Å². The molecular formula is C24H26N2O4. The van der Waals surface area contributed by atoms with Gasteiger partial charge in [-0.3, -0.25) is 9.59 Å². The molecule has 156 valence electrons. The third kappa shape index (κ3) is 3.22. The summed E-state index contributed by atoms with van der Waals surface area (Å²) in [6.45, 7) is 5.56. The van der Waals surface area contributed by atoms with Gasteiger partial charge in [0.2, 0.25) is 0 Å². The molecule has 0 saturated carbocycles. The van der Waals surface area contributed by atoms with Crippen LogP contribution in [-0.4, -0.2) is 44.0 Å². The van der Waals surface area contributed by atoms with Gasteiger partial charge in [0, 0.05) is 19.2 Å². The third-order valence-corrected chi connectivity index (χ3v) is 5.76. The highest BCUT2D eigenvalue weighted by molar-refractivity contribution is 6.45. The lowest BCUT2D eigenvalue weighted by atomic mass is 9.97. The van der Waals surface area contributed by atoms with Gasteiger partial charge in [-0.1, -0.05) is 23.8 Å². The van der Waals surface area contributed by atoms with Crippen molar-refractivity contribution in [3.8, 4) is 11.5 Å². The first kappa shape index (κ1) is 20.0. The number of nitrogens with zero attached hydrogens (tertiary/aromatic N) is 2. The van der Waals surface area contributed by atoms with E-state index in [1.807, 2.05) is 32.0 Å².